The zero-order valence-electron chi connectivity index (χ0n) is 9.57. The Morgan fingerprint density at radius 3 is 2.47 bits per heavy atom. The van der Waals surface area contributed by atoms with E-state index in [4.69, 9.17) is 4.74 Å². The van der Waals surface area contributed by atoms with E-state index in [0.717, 1.165) is 18.6 Å². The molecule has 0 aliphatic heterocycles. The van der Waals surface area contributed by atoms with Gasteiger partial charge in [0.1, 0.15) is 5.75 Å². The van der Waals surface area contributed by atoms with Crippen molar-refractivity contribution in [3.8, 4) is 5.75 Å². The van der Waals surface area contributed by atoms with Gasteiger partial charge in [0.2, 0.25) is 0 Å². The number of aliphatic hydroxyl groups is 1. The number of rotatable bonds is 6. The minimum Gasteiger partial charge on any atom is -0.494 e. The van der Waals surface area contributed by atoms with Crippen LogP contribution in [0.15, 0.2) is 30.3 Å². The van der Waals surface area contributed by atoms with Crippen LogP contribution in [-0.2, 0) is 0 Å². The topological polar surface area (TPSA) is 29.5 Å². The van der Waals surface area contributed by atoms with Crippen molar-refractivity contribution < 1.29 is 9.84 Å². The lowest BCUT2D eigenvalue weighted by Crippen LogP contribution is -2.23. The van der Waals surface area contributed by atoms with Gasteiger partial charge in [-0.3, -0.25) is 0 Å². The molecule has 2 nitrogen and oxygen atoms in total. The van der Waals surface area contributed by atoms with Gasteiger partial charge in [-0.05, 0) is 30.4 Å². The summed E-state index contributed by atoms with van der Waals surface area (Å²) in [5.41, 5.74) is -0.00518. The predicted molar refractivity (Wildman–Crippen MR) is 62.0 cm³/mol. The first-order valence-electron chi connectivity index (χ1n) is 5.49. The summed E-state index contributed by atoms with van der Waals surface area (Å²) in [4.78, 5) is 0. The van der Waals surface area contributed by atoms with E-state index in [2.05, 4.69) is 13.8 Å². The number of hydrogen-bond donors (Lipinski definition) is 1. The summed E-state index contributed by atoms with van der Waals surface area (Å²) >= 11 is 0. The number of ether oxygens (including phenoxy) is 1. The van der Waals surface area contributed by atoms with Crippen LogP contribution < -0.4 is 4.74 Å². The maximum absolute atomic E-state index is 9.23. The van der Waals surface area contributed by atoms with Crippen molar-refractivity contribution >= 4 is 0 Å². The monoisotopic (exact) mass is 208 g/mol. The third kappa shape index (κ3) is 3.92. The molecule has 0 aromatic heterocycles. The molecule has 1 aromatic carbocycles. The standard InChI is InChI=1S/C13H20O2/c1-3-13(2,11-14)9-10-15-12-7-5-4-6-8-12/h4-8,14H,3,9-11H2,1-2H3. The molecule has 0 aliphatic rings. The molecule has 1 aromatic rings. The maximum atomic E-state index is 9.23. The highest BCUT2D eigenvalue weighted by Gasteiger charge is 2.20. The highest BCUT2D eigenvalue weighted by atomic mass is 16.5. The minimum absolute atomic E-state index is 0.00518. The van der Waals surface area contributed by atoms with E-state index >= 15 is 0 Å². The van der Waals surface area contributed by atoms with Gasteiger partial charge in [0.15, 0.2) is 0 Å². The minimum atomic E-state index is -0.00518. The van der Waals surface area contributed by atoms with E-state index in [9.17, 15) is 5.11 Å². The van der Waals surface area contributed by atoms with Crippen LogP contribution in [0.25, 0.3) is 0 Å². The summed E-state index contributed by atoms with van der Waals surface area (Å²) in [5, 5.41) is 9.23. The molecule has 84 valence electrons. The fourth-order valence-corrected chi connectivity index (χ4v) is 1.30. The molecule has 0 heterocycles. The number of hydrogen-bond acceptors (Lipinski definition) is 2. The molecule has 0 fully saturated rings. The van der Waals surface area contributed by atoms with Crippen LogP contribution in [0.5, 0.6) is 5.75 Å². The fraction of sp³-hybridized carbons (Fsp3) is 0.538. The molecule has 2 heteroatoms. The van der Waals surface area contributed by atoms with Gasteiger partial charge in [0.05, 0.1) is 6.61 Å². The zero-order valence-corrected chi connectivity index (χ0v) is 9.57. The van der Waals surface area contributed by atoms with Gasteiger partial charge in [-0.15, -0.1) is 0 Å². The summed E-state index contributed by atoms with van der Waals surface area (Å²) in [7, 11) is 0. The number of para-hydroxylation sites is 1. The highest BCUT2D eigenvalue weighted by molar-refractivity contribution is 5.20. The van der Waals surface area contributed by atoms with Gasteiger partial charge in [-0.1, -0.05) is 32.0 Å². The molecule has 1 rings (SSSR count). The lowest BCUT2D eigenvalue weighted by atomic mass is 9.85. The largest absolute Gasteiger partial charge is 0.494 e. The predicted octanol–water partition coefficient (Wildman–Crippen LogP) is 2.86. The van der Waals surface area contributed by atoms with Crippen molar-refractivity contribution in [3.63, 3.8) is 0 Å². The Morgan fingerprint density at radius 1 is 1.27 bits per heavy atom. The van der Waals surface area contributed by atoms with Gasteiger partial charge in [0.25, 0.3) is 0 Å². The summed E-state index contributed by atoms with van der Waals surface area (Å²) < 4.78 is 5.59. The average Bonchev–Trinajstić information content (AvgIpc) is 2.30. The van der Waals surface area contributed by atoms with Crippen LogP contribution >= 0.6 is 0 Å². The molecule has 1 atom stereocenters. The summed E-state index contributed by atoms with van der Waals surface area (Å²) in [6.07, 6.45) is 1.86. The van der Waals surface area contributed by atoms with Crippen LogP contribution in [-0.4, -0.2) is 18.3 Å². The van der Waals surface area contributed by atoms with E-state index in [1.54, 1.807) is 0 Å². The van der Waals surface area contributed by atoms with Crippen LogP contribution in [0.2, 0.25) is 0 Å². The molecular formula is C13H20O2. The average molecular weight is 208 g/mol. The normalized spacial score (nSPS) is 14.6. The molecule has 1 unspecified atom stereocenters. The van der Waals surface area contributed by atoms with Gasteiger partial charge in [0, 0.05) is 6.61 Å². The summed E-state index contributed by atoms with van der Waals surface area (Å²) in [5.74, 6) is 0.897. The van der Waals surface area contributed by atoms with E-state index in [1.165, 1.54) is 0 Å². The van der Waals surface area contributed by atoms with Crippen molar-refractivity contribution in [2.24, 2.45) is 5.41 Å². The quantitative estimate of drug-likeness (QED) is 0.779. The number of aliphatic hydroxyl groups excluding tert-OH is 1. The molecule has 15 heavy (non-hydrogen) atoms. The van der Waals surface area contributed by atoms with Crippen molar-refractivity contribution in [2.75, 3.05) is 13.2 Å². The fourth-order valence-electron chi connectivity index (χ4n) is 1.30. The van der Waals surface area contributed by atoms with Gasteiger partial charge in [-0.25, -0.2) is 0 Å². The Hall–Kier alpha value is -1.02. The second-order valence-corrected chi connectivity index (χ2v) is 4.23. The second kappa shape index (κ2) is 5.76. The molecular weight excluding hydrogens is 188 g/mol. The molecule has 0 saturated heterocycles. The molecule has 0 saturated carbocycles. The second-order valence-electron chi connectivity index (χ2n) is 4.23. The molecule has 0 amide bonds. The van der Waals surface area contributed by atoms with Crippen LogP contribution in [0.1, 0.15) is 26.7 Å². The first-order valence-corrected chi connectivity index (χ1v) is 5.49. The molecule has 1 N–H and O–H groups in total. The third-order valence-electron chi connectivity index (χ3n) is 2.95. The Balaban J connectivity index is 2.33. The maximum Gasteiger partial charge on any atom is 0.119 e. The molecule has 0 radical (unpaired) electrons. The van der Waals surface area contributed by atoms with E-state index < -0.39 is 0 Å². The Kier molecular flexibility index (Phi) is 4.63. The van der Waals surface area contributed by atoms with Gasteiger partial charge >= 0.3 is 0 Å². The van der Waals surface area contributed by atoms with Crippen LogP contribution in [0.3, 0.4) is 0 Å². The van der Waals surface area contributed by atoms with Gasteiger partial charge in [-0.2, -0.15) is 0 Å². The van der Waals surface area contributed by atoms with Crippen molar-refractivity contribution in [3.05, 3.63) is 30.3 Å². The Morgan fingerprint density at radius 2 is 1.93 bits per heavy atom. The van der Waals surface area contributed by atoms with Crippen LogP contribution in [0, 0.1) is 5.41 Å². The van der Waals surface area contributed by atoms with Crippen LogP contribution in [0.4, 0.5) is 0 Å². The highest BCUT2D eigenvalue weighted by Crippen LogP contribution is 2.24. The summed E-state index contributed by atoms with van der Waals surface area (Å²) in [6.45, 7) is 5.07. The molecule has 0 spiro atoms. The van der Waals surface area contributed by atoms with E-state index in [-0.39, 0.29) is 12.0 Å². The Bertz CT molecular complexity index is 265. The van der Waals surface area contributed by atoms with E-state index in [0.29, 0.717) is 6.61 Å². The van der Waals surface area contributed by atoms with Crippen molar-refractivity contribution in [1.29, 1.82) is 0 Å². The SMILES string of the molecule is CCC(C)(CO)CCOc1ccccc1. The van der Waals surface area contributed by atoms with Crippen molar-refractivity contribution in [2.45, 2.75) is 26.7 Å². The van der Waals surface area contributed by atoms with Crippen molar-refractivity contribution in [1.82, 2.24) is 0 Å². The Labute approximate surface area is 91.9 Å². The zero-order chi connectivity index (χ0) is 11.1. The lowest BCUT2D eigenvalue weighted by molar-refractivity contribution is 0.108. The van der Waals surface area contributed by atoms with Gasteiger partial charge < -0.3 is 9.84 Å². The number of benzene rings is 1. The molecule has 0 bridgehead atoms. The molecule has 0 aliphatic carbocycles. The first-order chi connectivity index (χ1) is 7.20. The lowest BCUT2D eigenvalue weighted by Gasteiger charge is -2.25. The third-order valence-corrected chi connectivity index (χ3v) is 2.95. The smallest absolute Gasteiger partial charge is 0.119 e. The first kappa shape index (κ1) is 12.1. The summed E-state index contributed by atoms with van der Waals surface area (Å²) in [6, 6.07) is 9.78. The van der Waals surface area contributed by atoms with E-state index in [1.807, 2.05) is 30.3 Å².